The molecule has 0 aliphatic heterocycles. The van der Waals surface area contributed by atoms with Crippen molar-refractivity contribution >= 4 is 0 Å². The first kappa shape index (κ1) is 12.0. The van der Waals surface area contributed by atoms with Crippen LogP contribution in [0.4, 0.5) is 0 Å². The summed E-state index contributed by atoms with van der Waals surface area (Å²) in [6.07, 6.45) is 3.92. The average Bonchev–Trinajstić information content (AvgIpc) is 3.00. The summed E-state index contributed by atoms with van der Waals surface area (Å²) >= 11 is 0. The van der Waals surface area contributed by atoms with Gasteiger partial charge in [-0.25, -0.2) is 0 Å². The van der Waals surface area contributed by atoms with Crippen LogP contribution >= 0.6 is 0 Å². The lowest BCUT2D eigenvalue weighted by Gasteiger charge is -2.28. The first-order valence-electron chi connectivity index (χ1n) is 5.72. The molecule has 2 N–H and O–H groups in total. The van der Waals surface area contributed by atoms with E-state index in [4.69, 9.17) is 10.5 Å². The van der Waals surface area contributed by atoms with E-state index in [-0.39, 0.29) is 0 Å². The first-order valence-corrected chi connectivity index (χ1v) is 5.72. The molecule has 0 radical (unpaired) electrons. The zero-order valence-corrected chi connectivity index (χ0v) is 9.54. The van der Waals surface area contributed by atoms with E-state index in [1.165, 1.54) is 12.8 Å². The number of hydrogen-bond donors (Lipinski definition) is 1. The normalized spacial score (nSPS) is 18.9. The van der Waals surface area contributed by atoms with Crippen LogP contribution in [-0.2, 0) is 4.74 Å². The first-order chi connectivity index (χ1) is 6.79. The van der Waals surface area contributed by atoms with Crippen LogP contribution in [0.25, 0.3) is 0 Å². The standard InChI is InChI=1S/C11H24N2O/c1-10(11-4-5-11)13(7-3-6-12)8-9-14-2/h10-11H,3-9,12H2,1-2H3. The minimum Gasteiger partial charge on any atom is -0.383 e. The number of nitrogens with zero attached hydrogens (tertiary/aromatic N) is 1. The van der Waals surface area contributed by atoms with Crippen LogP contribution in [0.5, 0.6) is 0 Å². The molecule has 3 nitrogen and oxygen atoms in total. The smallest absolute Gasteiger partial charge is 0.0589 e. The summed E-state index contributed by atoms with van der Waals surface area (Å²) in [5.74, 6) is 0.935. The van der Waals surface area contributed by atoms with Gasteiger partial charge in [0.1, 0.15) is 0 Å². The molecule has 0 amide bonds. The summed E-state index contributed by atoms with van der Waals surface area (Å²) in [6.45, 7) is 6.14. The molecule has 1 fully saturated rings. The van der Waals surface area contributed by atoms with Gasteiger partial charge in [-0.1, -0.05) is 0 Å². The minimum atomic E-state index is 0.719. The Morgan fingerprint density at radius 3 is 2.64 bits per heavy atom. The fourth-order valence-corrected chi connectivity index (χ4v) is 1.90. The minimum absolute atomic E-state index is 0.719. The highest BCUT2D eigenvalue weighted by Gasteiger charge is 2.31. The van der Waals surface area contributed by atoms with Crippen molar-refractivity contribution in [2.45, 2.75) is 32.2 Å². The lowest BCUT2D eigenvalue weighted by Crippen LogP contribution is -2.38. The van der Waals surface area contributed by atoms with Crippen molar-refractivity contribution in [1.82, 2.24) is 4.90 Å². The Morgan fingerprint density at radius 1 is 1.43 bits per heavy atom. The van der Waals surface area contributed by atoms with Crippen LogP contribution in [0.3, 0.4) is 0 Å². The lowest BCUT2D eigenvalue weighted by molar-refractivity contribution is 0.116. The highest BCUT2D eigenvalue weighted by molar-refractivity contribution is 4.85. The fraction of sp³-hybridized carbons (Fsp3) is 1.00. The van der Waals surface area contributed by atoms with Crippen molar-refractivity contribution in [2.24, 2.45) is 11.7 Å². The van der Waals surface area contributed by atoms with E-state index < -0.39 is 0 Å². The van der Waals surface area contributed by atoms with Crippen molar-refractivity contribution in [2.75, 3.05) is 33.4 Å². The molecular formula is C11H24N2O. The molecule has 1 unspecified atom stereocenters. The summed E-state index contributed by atoms with van der Waals surface area (Å²) in [5.41, 5.74) is 5.54. The van der Waals surface area contributed by atoms with E-state index in [0.717, 1.165) is 44.6 Å². The summed E-state index contributed by atoms with van der Waals surface area (Å²) in [4.78, 5) is 2.52. The summed E-state index contributed by atoms with van der Waals surface area (Å²) in [6, 6.07) is 0.719. The van der Waals surface area contributed by atoms with E-state index in [2.05, 4.69) is 11.8 Å². The summed E-state index contributed by atoms with van der Waals surface area (Å²) in [5, 5.41) is 0. The number of ether oxygens (including phenoxy) is 1. The molecule has 3 heteroatoms. The Kier molecular flexibility index (Phi) is 5.45. The predicted octanol–water partition coefficient (Wildman–Crippen LogP) is 1.08. The third kappa shape index (κ3) is 3.95. The number of rotatable bonds is 8. The van der Waals surface area contributed by atoms with Crippen LogP contribution < -0.4 is 5.73 Å². The van der Waals surface area contributed by atoms with E-state index in [0.29, 0.717) is 0 Å². The van der Waals surface area contributed by atoms with Gasteiger partial charge in [0, 0.05) is 19.7 Å². The van der Waals surface area contributed by atoms with Gasteiger partial charge in [0.15, 0.2) is 0 Å². The molecule has 0 aromatic heterocycles. The third-order valence-corrected chi connectivity index (χ3v) is 3.11. The topological polar surface area (TPSA) is 38.5 Å². The second kappa shape index (κ2) is 6.38. The second-order valence-electron chi connectivity index (χ2n) is 4.25. The van der Waals surface area contributed by atoms with Gasteiger partial charge in [-0.2, -0.15) is 0 Å². The number of nitrogens with two attached hydrogens (primary N) is 1. The third-order valence-electron chi connectivity index (χ3n) is 3.11. The van der Waals surface area contributed by atoms with Gasteiger partial charge in [-0.3, -0.25) is 4.90 Å². The Labute approximate surface area is 87.6 Å². The van der Waals surface area contributed by atoms with E-state index in [9.17, 15) is 0 Å². The maximum Gasteiger partial charge on any atom is 0.0589 e. The van der Waals surface area contributed by atoms with E-state index in [1.54, 1.807) is 7.11 Å². The maximum absolute atomic E-state index is 5.54. The van der Waals surface area contributed by atoms with Crippen molar-refractivity contribution in [3.63, 3.8) is 0 Å². The zero-order valence-electron chi connectivity index (χ0n) is 9.54. The SMILES string of the molecule is COCCN(CCCN)C(C)C1CC1. The molecule has 0 aromatic carbocycles. The largest absolute Gasteiger partial charge is 0.383 e. The van der Waals surface area contributed by atoms with Crippen molar-refractivity contribution in [1.29, 1.82) is 0 Å². The van der Waals surface area contributed by atoms with Crippen LogP contribution in [0.1, 0.15) is 26.2 Å². The van der Waals surface area contributed by atoms with Gasteiger partial charge in [0.2, 0.25) is 0 Å². The second-order valence-corrected chi connectivity index (χ2v) is 4.25. The molecule has 14 heavy (non-hydrogen) atoms. The summed E-state index contributed by atoms with van der Waals surface area (Å²) in [7, 11) is 1.77. The average molecular weight is 200 g/mol. The maximum atomic E-state index is 5.54. The van der Waals surface area contributed by atoms with Gasteiger partial charge in [0.25, 0.3) is 0 Å². The van der Waals surface area contributed by atoms with E-state index >= 15 is 0 Å². The van der Waals surface area contributed by atoms with Crippen LogP contribution in [-0.4, -0.2) is 44.3 Å². The predicted molar refractivity (Wildman–Crippen MR) is 59.3 cm³/mol. The quantitative estimate of drug-likeness (QED) is 0.637. The molecule has 0 aromatic rings. The molecule has 84 valence electrons. The molecule has 1 atom stereocenters. The number of methoxy groups -OCH3 is 1. The molecule has 1 aliphatic carbocycles. The van der Waals surface area contributed by atoms with Gasteiger partial charge in [-0.15, -0.1) is 0 Å². The molecular weight excluding hydrogens is 176 g/mol. The Morgan fingerprint density at radius 2 is 2.14 bits per heavy atom. The molecule has 1 rings (SSSR count). The van der Waals surface area contributed by atoms with Gasteiger partial charge >= 0.3 is 0 Å². The van der Waals surface area contributed by atoms with Crippen LogP contribution in [0.2, 0.25) is 0 Å². The Hall–Kier alpha value is -0.120. The van der Waals surface area contributed by atoms with Crippen LogP contribution in [0.15, 0.2) is 0 Å². The van der Waals surface area contributed by atoms with Gasteiger partial charge in [-0.05, 0) is 45.2 Å². The number of hydrogen-bond acceptors (Lipinski definition) is 3. The highest BCUT2D eigenvalue weighted by Crippen LogP contribution is 2.35. The van der Waals surface area contributed by atoms with Crippen molar-refractivity contribution < 1.29 is 4.74 Å². The fourth-order valence-electron chi connectivity index (χ4n) is 1.90. The van der Waals surface area contributed by atoms with Crippen LogP contribution in [0, 0.1) is 5.92 Å². The molecule has 1 aliphatic rings. The van der Waals surface area contributed by atoms with Crippen molar-refractivity contribution in [3.05, 3.63) is 0 Å². The Bertz CT molecular complexity index is 140. The molecule has 0 saturated heterocycles. The Balaban J connectivity index is 2.25. The molecule has 1 saturated carbocycles. The highest BCUT2D eigenvalue weighted by atomic mass is 16.5. The lowest BCUT2D eigenvalue weighted by atomic mass is 10.1. The van der Waals surface area contributed by atoms with Gasteiger partial charge < -0.3 is 10.5 Å². The zero-order chi connectivity index (χ0) is 10.4. The molecule has 0 bridgehead atoms. The van der Waals surface area contributed by atoms with Crippen molar-refractivity contribution in [3.8, 4) is 0 Å². The molecule has 0 heterocycles. The van der Waals surface area contributed by atoms with Gasteiger partial charge in [0.05, 0.1) is 6.61 Å². The summed E-state index contributed by atoms with van der Waals surface area (Å²) < 4.78 is 5.13. The molecule has 0 spiro atoms. The van der Waals surface area contributed by atoms with E-state index in [1.807, 2.05) is 0 Å². The monoisotopic (exact) mass is 200 g/mol.